The zero-order chi connectivity index (χ0) is 30.6. The summed E-state index contributed by atoms with van der Waals surface area (Å²) < 4.78 is 19.1. The van der Waals surface area contributed by atoms with Gasteiger partial charge in [-0.05, 0) is 39.9 Å². The van der Waals surface area contributed by atoms with Crippen LogP contribution >= 0.6 is 0 Å². The third-order valence-electron chi connectivity index (χ3n) is 9.15. The number of carbonyl (C=O) groups excluding carboxylic acids is 2. The molecule has 2 fully saturated rings. The quantitative estimate of drug-likeness (QED) is 0.129. The SMILES string of the molecule is O=C1C[C@@H]2[C@@H](COC(c3ccccc3)(c3ccccc3)c3ccccc3)[C@H](OC(=O)c3cccc(-c4ccccc4)c3)C[C@@H]2O1. The molecule has 5 nitrogen and oxygen atoms in total. The van der Waals surface area contributed by atoms with E-state index in [1.165, 1.54) is 0 Å². The van der Waals surface area contributed by atoms with Crippen molar-refractivity contribution in [2.24, 2.45) is 11.8 Å². The molecule has 224 valence electrons. The number of hydrogen-bond donors (Lipinski definition) is 0. The Morgan fingerprint density at radius 3 is 1.80 bits per heavy atom. The first kappa shape index (κ1) is 28.8. The highest BCUT2D eigenvalue weighted by Gasteiger charge is 2.53. The summed E-state index contributed by atoms with van der Waals surface area (Å²) in [4.78, 5) is 26.0. The molecular weight excluding hydrogens is 560 g/mol. The predicted octanol–water partition coefficient (Wildman–Crippen LogP) is 7.84. The minimum absolute atomic E-state index is 0.106. The van der Waals surface area contributed by atoms with Crippen LogP contribution in [0.15, 0.2) is 146 Å². The molecule has 45 heavy (non-hydrogen) atoms. The van der Waals surface area contributed by atoms with Crippen LogP contribution in [0.2, 0.25) is 0 Å². The maximum absolute atomic E-state index is 13.6. The summed E-state index contributed by atoms with van der Waals surface area (Å²) in [7, 11) is 0. The summed E-state index contributed by atoms with van der Waals surface area (Å²) >= 11 is 0. The first-order valence-electron chi connectivity index (χ1n) is 15.5. The van der Waals surface area contributed by atoms with Crippen molar-refractivity contribution in [2.75, 3.05) is 6.61 Å². The van der Waals surface area contributed by atoms with E-state index in [-0.39, 0.29) is 36.9 Å². The predicted molar refractivity (Wildman–Crippen MR) is 172 cm³/mol. The van der Waals surface area contributed by atoms with Crippen molar-refractivity contribution in [1.29, 1.82) is 0 Å². The molecule has 5 aromatic carbocycles. The van der Waals surface area contributed by atoms with Crippen LogP contribution in [-0.2, 0) is 24.6 Å². The number of benzene rings is 5. The normalized spacial score (nSPS) is 20.8. The smallest absolute Gasteiger partial charge is 0.338 e. The number of ether oxygens (including phenoxy) is 3. The fourth-order valence-electron chi connectivity index (χ4n) is 6.98. The van der Waals surface area contributed by atoms with Crippen LogP contribution in [-0.4, -0.2) is 30.8 Å². The van der Waals surface area contributed by atoms with Gasteiger partial charge in [-0.1, -0.05) is 133 Å². The Hall–Kier alpha value is -5.00. The maximum Gasteiger partial charge on any atom is 0.338 e. The molecule has 1 aliphatic carbocycles. The summed E-state index contributed by atoms with van der Waals surface area (Å²) in [5.41, 5.74) is 4.49. The molecule has 0 bridgehead atoms. The molecule has 0 aromatic heterocycles. The first-order valence-corrected chi connectivity index (χ1v) is 15.5. The summed E-state index contributed by atoms with van der Waals surface area (Å²) in [6.07, 6.45) is -0.0467. The molecule has 1 aliphatic heterocycles. The summed E-state index contributed by atoms with van der Waals surface area (Å²) in [5, 5.41) is 0. The highest BCUT2D eigenvalue weighted by atomic mass is 16.6. The van der Waals surface area contributed by atoms with Crippen molar-refractivity contribution in [3.05, 3.63) is 168 Å². The van der Waals surface area contributed by atoms with Gasteiger partial charge >= 0.3 is 11.9 Å². The third-order valence-corrected chi connectivity index (χ3v) is 9.15. The van der Waals surface area contributed by atoms with E-state index in [9.17, 15) is 9.59 Å². The molecule has 0 N–H and O–H groups in total. The lowest BCUT2D eigenvalue weighted by Gasteiger charge is -2.38. The number of esters is 2. The van der Waals surface area contributed by atoms with Crippen molar-refractivity contribution in [3.8, 4) is 11.1 Å². The maximum atomic E-state index is 13.6. The van der Waals surface area contributed by atoms with E-state index in [1.54, 1.807) is 6.07 Å². The van der Waals surface area contributed by atoms with Crippen molar-refractivity contribution in [3.63, 3.8) is 0 Å². The number of hydrogen-bond acceptors (Lipinski definition) is 5. The Balaban J connectivity index is 1.21. The van der Waals surface area contributed by atoms with Crippen LogP contribution in [0.1, 0.15) is 39.9 Å². The molecule has 5 heteroatoms. The Morgan fingerprint density at radius 2 is 1.22 bits per heavy atom. The van der Waals surface area contributed by atoms with E-state index in [0.29, 0.717) is 12.0 Å². The van der Waals surface area contributed by atoms with Crippen LogP contribution in [0.3, 0.4) is 0 Å². The van der Waals surface area contributed by atoms with Crippen molar-refractivity contribution in [1.82, 2.24) is 0 Å². The van der Waals surface area contributed by atoms with Gasteiger partial charge in [0.2, 0.25) is 0 Å². The highest BCUT2D eigenvalue weighted by molar-refractivity contribution is 5.91. The Kier molecular flexibility index (Phi) is 8.02. The standard InChI is InChI=1S/C40H34O5/c41-38-25-34-35(37(26-36(34)44-38)45-39(42)30-17-13-16-29(24-30)28-14-5-1-6-15-28)27-43-40(31-18-7-2-8-19-31,32-20-9-3-10-21-32)33-22-11-4-12-23-33/h1-24,34-37H,25-27H2/t34-,35-,36+,37-/m1/s1. The summed E-state index contributed by atoms with van der Waals surface area (Å²) in [6, 6.07) is 48.0. The van der Waals surface area contributed by atoms with E-state index in [4.69, 9.17) is 14.2 Å². The van der Waals surface area contributed by atoms with Gasteiger partial charge in [0.15, 0.2) is 0 Å². The molecule has 4 atom stereocenters. The fourth-order valence-corrected chi connectivity index (χ4v) is 6.98. The molecule has 0 amide bonds. The minimum atomic E-state index is -0.927. The Bertz CT molecular complexity index is 1660. The van der Waals surface area contributed by atoms with Crippen LogP contribution in [0.25, 0.3) is 11.1 Å². The van der Waals surface area contributed by atoms with E-state index in [1.807, 2.05) is 103 Å². The highest BCUT2D eigenvalue weighted by Crippen LogP contribution is 2.46. The zero-order valence-corrected chi connectivity index (χ0v) is 24.8. The topological polar surface area (TPSA) is 61.8 Å². The van der Waals surface area contributed by atoms with Gasteiger partial charge in [0.25, 0.3) is 0 Å². The molecule has 7 rings (SSSR count). The second-order valence-corrected chi connectivity index (χ2v) is 11.8. The molecule has 5 aromatic rings. The Labute approximate surface area is 263 Å². The third kappa shape index (κ3) is 5.67. The van der Waals surface area contributed by atoms with Gasteiger partial charge in [0.1, 0.15) is 17.8 Å². The molecular formula is C40H34O5. The summed E-state index contributed by atoms with van der Waals surface area (Å²) in [5.74, 6) is -0.950. The molecule has 1 saturated heterocycles. The van der Waals surface area contributed by atoms with E-state index in [0.717, 1.165) is 27.8 Å². The summed E-state index contributed by atoms with van der Waals surface area (Å²) in [6.45, 7) is 0.262. The van der Waals surface area contributed by atoms with Crippen LogP contribution < -0.4 is 0 Å². The monoisotopic (exact) mass is 594 g/mol. The molecule has 1 heterocycles. The number of carbonyl (C=O) groups is 2. The lowest BCUT2D eigenvalue weighted by atomic mass is 9.79. The molecule has 1 saturated carbocycles. The van der Waals surface area contributed by atoms with Crippen LogP contribution in [0.4, 0.5) is 0 Å². The van der Waals surface area contributed by atoms with Crippen LogP contribution in [0, 0.1) is 11.8 Å². The van der Waals surface area contributed by atoms with Gasteiger partial charge in [-0.2, -0.15) is 0 Å². The van der Waals surface area contributed by atoms with Gasteiger partial charge < -0.3 is 14.2 Å². The number of fused-ring (bicyclic) bond motifs is 1. The average Bonchev–Trinajstić information content (AvgIpc) is 3.62. The van der Waals surface area contributed by atoms with Gasteiger partial charge in [0, 0.05) is 18.3 Å². The zero-order valence-electron chi connectivity index (χ0n) is 24.8. The van der Waals surface area contributed by atoms with Crippen molar-refractivity contribution in [2.45, 2.75) is 30.7 Å². The van der Waals surface area contributed by atoms with Crippen molar-refractivity contribution < 1.29 is 23.8 Å². The van der Waals surface area contributed by atoms with E-state index in [2.05, 4.69) is 36.4 Å². The second kappa shape index (κ2) is 12.5. The second-order valence-electron chi connectivity index (χ2n) is 11.8. The van der Waals surface area contributed by atoms with E-state index >= 15 is 0 Å². The van der Waals surface area contributed by atoms with Crippen LogP contribution in [0.5, 0.6) is 0 Å². The number of rotatable bonds is 9. The minimum Gasteiger partial charge on any atom is -0.462 e. The van der Waals surface area contributed by atoms with Gasteiger partial charge in [-0.25, -0.2) is 4.79 Å². The van der Waals surface area contributed by atoms with Gasteiger partial charge in [-0.3, -0.25) is 4.79 Å². The molecule has 0 radical (unpaired) electrons. The van der Waals surface area contributed by atoms with Crippen molar-refractivity contribution >= 4 is 11.9 Å². The molecule has 0 spiro atoms. The molecule has 2 aliphatic rings. The van der Waals surface area contributed by atoms with Gasteiger partial charge in [-0.15, -0.1) is 0 Å². The Morgan fingerprint density at radius 1 is 0.689 bits per heavy atom. The largest absolute Gasteiger partial charge is 0.462 e. The molecule has 0 unspecified atom stereocenters. The lowest BCUT2D eigenvalue weighted by Crippen LogP contribution is -2.38. The lowest BCUT2D eigenvalue weighted by molar-refractivity contribution is -0.141. The fraction of sp³-hybridized carbons (Fsp3) is 0.200. The van der Waals surface area contributed by atoms with Gasteiger partial charge in [0.05, 0.1) is 18.6 Å². The first-order chi connectivity index (χ1) is 22.1. The van der Waals surface area contributed by atoms with E-state index < -0.39 is 17.7 Å². The average molecular weight is 595 g/mol.